The van der Waals surface area contributed by atoms with Gasteiger partial charge in [0.05, 0.1) is 25.5 Å². The van der Waals surface area contributed by atoms with Crippen molar-refractivity contribution < 1.29 is 27.4 Å². The van der Waals surface area contributed by atoms with Crippen molar-refractivity contribution in [3.05, 3.63) is 64.8 Å². The molecule has 14 heteroatoms. The number of nitrogens with two attached hydrogens (primary N) is 1. The van der Waals surface area contributed by atoms with Crippen molar-refractivity contribution in [3.8, 4) is 17.0 Å². The number of nitrogens with zero attached hydrogens (tertiary/aromatic N) is 5. The summed E-state index contributed by atoms with van der Waals surface area (Å²) >= 11 is 6.59. The molecule has 0 saturated carbocycles. The van der Waals surface area contributed by atoms with Gasteiger partial charge in [0.25, 0.3) is 5.91 Å². The molecule has 1 saturated heterocycles. The molecule has 0 bridgehead atoms. The summed E-state index contributed by atoms with van der Waals surface area (Å²) in [6.45, 7) is 6.11. The van der Waals surface area contributed by atoms with Gasteiger partial charge >= 0.3 is 6.18 Å². The van der Waals surface area contributed by atoms with Crippen LogP contribution in [0.3, 0.4) is 0 Å². The largest absolute Gasteiger partial charge is 0.496 e. The molecule has 0 spiro atoms. The number of carbonyl (C=O) groups excluding carboxylic acids is 1. The van der Waals surface area contributed by atoms with Gasteiger partial charge in [-0.2, -0.15) is 13.2 Å². The Morgan fingerprint density at radius 1 is 1.27 bits per heavy atom. The lowest BCUT2D eigenvalue weighted by atomic mass is 10.1. The first-order chi connectivity index (χ1) is 19.5. The predicted molar refractivity (Wildman–Crippen MR) is 147 cm³/mol. The first-order valence-corrected chi connectivity index (χ1v) is 13.1. The summed E-state index contributed by atoms with van der Waals surface area (Å²) in [6.07, 6.45) is -2.56. The Labute approximate surface area is 238 Å². The number of nitrogens with one attached hydrogen (secondary N) is 1. The summed E-state index contributed by atoms with van der Waals surface area (Å²) in [5.41, 5.74) is 6.86. The second-order valence-corrected chi connectivity index (χ2v) is 9.91. The lowest BCUT2D eigenvalue weighted by Crippen LogP contribution is -2.45. The molecule has 1 aliphatic heterocycles. The predicted octanol–water partition coefficient (Wildman–Crippen LogP) is 5.09. The first-order valence-electron chi connectivity index (χ1n) is 12.7. The summed E-state index contributed by atoms with van der Waals surface area (Å²) < 4.78 is 52.7. The van der Waals surface area contributed by atoms with E-state index in [-0.39, 0.29) is 34.1 Å². The monoisotopic (exact) mass is 589 g/mol. The molecule has 4 aromatic rings. The fourth-order valence-electron chi connectivity index (χ4n) is 4.83. The average molecular weight is 590 g/mol. The quantitative estimate of drug-likeness (QED) is 0.319. The molecule has 0 unspecified atom stereocenters. The number of hydrogen-bond acceptors (Lipinski definition) is 8. The number of aromatic nitrogens is 4. The molecule has 3 N–H and O–H groups in total. The molecule has 1 fully saturated rings. The van der Waals surface area contributed by atoms with E-state index in [9.17, 15) is 18.0 Å². The zero-order valence-electron chi connectivity index (χ0n) is 22.4. The molecular formula is C27H27ClF3N7O3. The number of likely N-dealkylation sites (N-methyl/N-ethyl adjacent to an activating group) is 1. The maximum Gasteiger partial charge on any atom is 0.416 e. The number of halogens is 4. The summed E-state index contributed by atoms with van der Waals surface area (Å²) in [5, 5.41) is 2.68. The Morgan fingerprint density at radius 3 is 2.76 bits per heavy atom. The van der Waals surface area contributed by atoms with Gasteiger partial charge in [0.2, 0.25) is 0 Å². The van der Waals surface area contributed by atoms with Crippen LogP contribution in [0.25, 0.3) is 16.8 Å². The molecule has 1 aliphatic rings. The topological polar surface area (TPSA) is 120 Å². The number of nitrogen functional groups attached to an aromatic ring is 1. The van der Waals surface area contributed by atoms with E-state index in [2.05, 4.69) is 34.0 Å². The van der Waals surface area contributed by atoms with E-state index in [0.29, 0.717) is 35.8 Å². The van der Waals surface area contributed by atoms with E-state index < -0.39 is 23.8 Å². The molecule has 10 nitrogen and oxygen atoms in total. The van der Waals surface area contributed by atoms with Gasteiger partial charge in [-0.3, -0.25) is 14.1 Å². The summed E-state index contributed by atoms with van der Waals surface area (Å²) in [5.74, 6) is 0.0757. The summed E-state index contributed by atoms with van der Waals surface area (Å²) in [7, 11) is 1.42. The van der Waals surface area contributed by atoms with E-state index in [1.165, 1.54) is 25.4 Å². The Hall–Kier alpha value is -3.94. The molecule has 2 atom stereocenters. The molecule has 0 radical (unpaired) electrons. The first kappa shape index (κ1) is 28.6. The van der Waals surface area contributed by atoms with Crippen LogP contribution in [0, 0.1) is 0 Å². The normalized spacial score (nSPS) is 18.0. The van der Waals surface area contributed by atoms with Crippen molar-refractivity contribution in [2.75, 3.05) is 37.9 Å². The highest BCUT2D eigenvalue weighted by Crippen LogP contribution is 2.39. The van der Waals surface area contributed by atoms with Crippen LogP contribution in [0.2, 0.25) is 5.15 Å². The Bertz CT molecular complexity index is 1610. The third kappa shape index (κ3) is 5.52. The van der Waals surface area contributed by atoms with E-state index in [0.717, 1.165) is 24.9 Å². The Morgan fingerprint density at radius 2 is 2.05 bits per heavy atom. The lowest BCUT2D eigenvalue weighted by molar-refractivity contribution is -0.137. The Balaban J connectivity index is 1.53. The van der Waals surface area contributed by atoms with Crippen molar-refractivity contribution in [1.82, 2.24) is 24.3 Å². The third-order valence-corrected chi connectivity index (χ3v) is 7.24. The SMILES string of the molecule is CCN1C[C@H](c2nc(-c3ccc(C(=O)Nc4cc(C(F)(F)F)ccn4)cc3OC)c3c(N)ncc(Cl)n23)OC[C@@H]1C. The van der Waals surface area contributed by atoms with Crippen LogP contribution >= 0.6 is 11.6 Å². The minimum atomic E-state index is -4.57. The molecule has 5 rings (SSSR count). The van der Waals surface area contributed by atoms with Gasteiger partial charge in [0.15, 0.2) is 0 Å². The number of rotatable bonds is 6. The van der Waals surface area contributed by atoms with Crippen molar-refractivity contribution in [3.63, 3.8) is 0 Å². The van der Waals surface area contributed by atoms with E-state index in [1.54, 1.807) is 10.5 Å². The van der Waals surface area contributed by atoms with E-state index >= 15 is 0 Å². The van der Waals surface area contributed by atoms with Crippen LogP contribution in [0.4, 0.5) is 24.8 Å². The van der Waals surface area contributed by atoms with Gasteiger partial charge in [-0.1, -0.05) is 18.5 Å². The number of pyridine rings is 1. The summed E-state index contributed by atoms with van der Waals surface area (Å²) in [4.78, 5) is 28.1. The van der Waals surface area contributed by atoms with Crippen LogP contribution in [0.1, 0.15) is 41.7 Å². The number of hydrogen-bond donors (Lipinski definition) is 2. The van der Waals surface area contributed by atoms with Crippen LogP contribution in [0.15, 0.2) is 42.7 Å². The minimum absolute atomic E-state index is 0.126. The molecule has 1 aromatic carbocycles. The van der Waals surface area contributed by atoms with Gasteiger partial charge in [0, 0.05) is 29.9 Å². The molecule has 4 heterocycles. The number of imidazole rings is 1. The number of alkyl halides is 3. The second kappa shape index (κ2) is 11.1. The molecule has 41 heavy (non-hydrogen) atoms. The van der Waals surface area contributed by atoms with Gasteiger partial charge in [0.1, 0.15) is 45.7 Å². The molecule has 216 valence electrons. The highest BCUT2D eigenvalue weighted by molar-refractivity contribution is 6.30. The maximum absolute atomic E-state index is 13.1. The standard InChI is InChI=1S/C27H27ClF3N7O3/c1-4-37-12-19(41-13-14(37)2)25-36-22(23-24(32)34-11-20(28)38(23)25)17-6-5-15(9-18(17)40-3)26(39)35-21-10-16(7-8-33-21)27(29,30)31/h5-11,14,19H,4,12-13H2,1-3H3,(H2,32,34)(H,33,35,39)/t14-,19+/m0/s1. The van der Waals surface area contributed by atoms with Crippen LogP contribution in [-0.4, -0.2) is 63.0 Å². The van der Waals surface area contributed by atoms with Crippen molar-refractivity contribution >= 4 is 34.7 Å². The molecule has 1 amide bonds. The number of benzene rings is 1. The van der Waals surface area contributed by atoms with E-state index in [1.807, 2.05) is 0 Å². The number of morpholine rings is 1. The smallest absolute Gasteiger partial charge is 0.416 e. The van der Waals surface area contributed by atoms with Gasteiger partial charge in [-0.15, -0.1) is 0 Å². The average Bonchev–Trinajstić information content (AvgIpc) is 3.36. The highest BCUT2D eigenvalue weighted by atomic mass is 35.5. The number of carbonyl (C=O) groups is 1. The minimum Gasteiger partial charge on any atom is -0.496 e. The molecule has 0 aliphatic carbocycles. The number of anilines is 2. The van der Waals surface area contributed by atoms with Crippen LogP contribution in [-0.2, 0) is 10.9 Å². The maximum atomic E-state index is 13.1. The zero-order valence-corrected chi connectivity index (χ0v) is 23.1. The van der Waals surface area contributed by atoms with E-state index in [4.69, 9.17) is 31.8 Å². The highest BCUT2D eigenvalue weighted by Gasteiger charge is 2.33. The third-order valence-electron chi connectivity index (χ3n) is 6.97. The fraction of sp³-hybridized carbons (Fsp3) is 0.333. The molecular weight excluding hydrogens is 563 g/mol. The van der Waals surface area contributed by atoms with Gasteiger partial charge in [-0.05, 0) is 43.8 Å². The number of amides is 1. The van der Waals surface area contributed by atoms with Gasteiger partial charge in [-0.25, -0.2) is 15.0 Å². The van der Waals surface area contributed by atoms with Crippen molar-refractivity contribution in [2.24, 2.45) is 0 Å². The van der Waals surface area contributed by atoms with Crippen LogP contribution < -0.4 is 15.8 Å². The fourth-order valence-corrected chi connectivity index (χ4v) is 5.05. The molecule has 3 aromatic heterocycles. The second-order valence-electron chi connectivity index (χ2n) is 9.52. The van der Waals surface area contributed by atoms with Crippen molar-refractivity contribution in [1.29, 1.82) is 0 Å². The zero-order chi connectivity index (χ0) is 29.5. The Kier molecular flexibility index (Phi) is 7.77. The van der Waals surface area contributed by atoms with Crippen molar-refractivity contribution in [2.45, 2.75) is 32.2 Å². The number of methoxy groups -OCH3 is 1. The number of ether oxygens (including phenoxy) is 2. The van der Waals surface area contributed by atoms with Gasteiger partial charge < -0.3 is 20.5 Å². The van der Waals surface area contributed by atoms with Crippen LogP contribution in [0.5, 0.6) is 5.75 Å². The lowest BCUT2D eigenvalue weighted by Gasteiger charge is -2.36. The summed E-state index contributed by atoms with van der Waals surface area (Å²) in [6, 6.07) is 6.39. The number of fused-ring (bicyclic) bond motifs is 1.